The molecule has 0 fully saturated rings. The Labute approximate surface area is 152 Å². The summed E-state index contributed by atoms with van der Waals surface area (Å²) in [5.74, 6) is -0.860. The summed E-state index contributed by atoms with van der Waals surface area (Å²) in [4.78, 5) is 27.9. The molecule has 9 heteroatoms. The zero-order chi connectivity index (χ0) is 17.8. The van der Waals surface area contributed by atoms with E-state index in [1.807, 2.05) is 18.2 Å². The maximum atomic E-state index is 12.3. The number of halogens is 1. The van der Waals surface area contributed by atoms with Crippen molar-refractivity contribution >= 4 is 39.9 Å². The Hall–Kier alpha value is -2.71. The van der Waals surface area contributed by atoms with Crippen molar-refractivity contribution in [3.05, 3.63) is 63.9 Å². The monoisotopic (exact) mass is 376 g/mol. The van der Waals surface area contributed by atoms with E-state index in [0.29, 0.717) is 27.1 Å². The highest BCUT2D eigenvalue weighted by molar-refractivity contribution is 7.17. The molecule has 0 saturated carbocycles. The van der Waals surface area contributed by atoms with Crippen LogP contribution in [-0.2, 0) is 11.3 Å². The number of ether oxygens (including phenoxy) is 1. The minimum atomic E-state index is -0.495. The van der Waals surface area contributed by atoms with Crippen molar-refractivity contribution in [1.82, 2.24) is 14.8 Å². The average molecular weight is 377 g/mol. The van der Waals surface area contributed by atoms with Gasteiger partial charge in [-0.15, -0.1) is 0 Å². The molecule has 0 unspecified atom stereocenters. The second kappa shape index (κ2) is 7.45. The number of methoxy groups -OCH3 is 1. The summed E-state index contributed by atoms with van der Waals surface area (Å²) < 4.78 is 6.23. The molecule has 0 bridgehead atoms. The van der Waals surface area contributed by atoms with Gasteiger partial charge in [-0.05, 0) is 11.6 Å². The molecule has 2 heterocycles. The Bertz CT molecular complexity index is 922. The average Bonchev–Trinajstić information content (AvgIpc) is 3.26. The van der Waals surface area contributed by atoms with Crippen molar-refractivity contribution in [3.63, 3.8) is 0 Å². The van der Waals surface area contributed by atoms with E-state index in [1.54, 1.807) is 16.9 Å². The third kappa shape index (κ3) is 4.04. The minimum Gasteiger partial charge on any atom is -0.465 e. The molecule has 0 aliphatic heterocycles. The van der Waals surface area contributed by atoms with E-state index in [0.717, 1.165) is 16.9 Å². The van der Waals surface area contributed by atoms with Gasteiger partial charge in [0.15, 0.2) is 5.13 Å². The van der Waals surface area contributed by atoms with Gasteiger partial charge in [0.2, 0.25) is 0 Å². The number of anilines is 1. The summed E-state index contributed by atoms with van der Waals surface area (Å²) in [7, 11) is 1.29. The van der Waals surface area contributed by atoms with E-state index in [1.165, 1.54) is 19.5 Å². The second-order valence-corrected chi connectivity index (χ2v) is 6.43. The first kappa shape index (κ1) is 17.1. The topological polar surface area (TPSA) is 86.1 Å². The summed E-state index contributed by atoms with van der Waals surface area (Å²) >= 11 is 7.16. The lowest BCUT2D eigenvalue weighted by Gasteiger charge is -2.03. The number of carbonyl (C=O) groups excluding carboxylic acids is 2. The van der Waals surface area contributed by atoms with Gasteiger partial charge in [0, 0.05) is 11.2 Å². The standard InChI is InChI=1S/C16H13ClN4O3S/c1-24-15(23)13-7-18-16(25-13)20-14(22)11-6-19-21(9-11)8-10-4-2-3-5-12(10)17/h2-7,9H,8H2,1H3,(H,18,20,22). The smallest absolute Gasteiger partial charge is 0.349 e. The number of hydrogen-bond acceptors (Lipinski definition) is 6. The molecule has 0 saturated heterocycles. The van der Waals surface area contributed by atoms with Gasteiger partial charge >= 0.3 is 5.97 Å². The number of benzene rings is 1. The van der Waals surface area contributed by atoms with Gasteiger partial charge < -0.3 is 4.74 Å². The summed E-state index contributed by atoms with van der Waals surface area (Å²) in [6.45, 7) is 0.455. The van der Waals surface area contributed by atoms with E-state index < -0.39 is 5.97 Å². The van der Waals surface area contributed by atoms with Crippen molar-refractivity contribution in [1.29, 1.82) is 0 Å². The lowest BCUT2D eigenvalue weighted by atomic mass is 10.2. The molecule has 3 rings (SSSR count). The highest BCUT2D eigenvalue weighted by Crippen LogP contribution is 2.20. The molecule has 0 aliphatic carbocycles. The molecule has 3 aromatic rings. The molecule has 0 radical (unpaired) electrons. The van der Waals surface area contributed by atoms with E-state index in [-0.39, 0.29) is 5.91 Å². The zero-order valence-corrected chi connectivity index (χ0v) is 14.7. The SMILES string of the molecule is COC(=O)c1cnc(NC(=O)c2cnn(Cc3ccccc3Cl)c2)s1. The molecule has 1 amide bonds. The Kier molecular flexibility index (Phi) is 5.11. The van der Waals surface area contributed by atoms with Crippen LogP contribution in [0.3, 0.4) is 0 Å². The number of thiazole rings is 1. The van der Waals surface area contributed by atoms with Crippen molar-refractivity contribution < 1.29 is 14.3 Å². The maximum Gasteiger partial charge on any atom is 0.349 e. The largest absolute Gasteiger partial charge is 0.465 e. The van der Waals surface area contributed by atoms with Gasteiger partial charge in [0.05, 0.1) is 31.6 Å². The number of nitrogens with zero attached hydrogens (tertiary/aromatic N) is 3. The molecule has 7 nitrogen and oxygen atoms in total. The molecule has 0 spiro atoms. The zero-order valence-electron chi connectivity index (χ0n) is 13.1. The van der Waals surface area contributed by atoms with Crippen molar-refractivity contribution in [3.8, 4) is 0 Å². The molecule has 128 valence electrons. The first-order valence-electron chi connectivity index (χ1n) is 7.18. The van der Waals surface area contributed by atoms with E-state index in [4.69, 9.17) is 11.6 Å². The van der Waals surface area contributed by atoms with Gasteiger partial charge in [0.25, 0.3) is 5.91 Å². The van der Waals surface area contributed by atoms with Crippen LogP contribution in [-0.4, -0.2) is 33.8 Å². The van der Waals surface area contributed by atoms with Crippen molar-refractivity contribution in [2.24, 2.45) is 0 Å². The fourth-order valence-electron chi connectivity index (χ4n) is 2.06. The number of rotatable bonds is 5. The second-order valence-electron chi connectivity index (χ2n) is 4.99. The number of hydrogen-bond donors (Lipinski definition) is 1. The van der Waals surface area contributed by atoms with Gasteiger partial charge in [0.1, 0.15) is 4.88 Å². The fraction of sp³-hybridized carbons (Fsp3) is 0.125. The van der Waals surface area contributed by atoms with Crippen LogP contribution in [0.25, 0.3) is 0 Å². The lowest BCUT2D eigenvalue weighted by molar-refractivity contribution is 0.0606. The van der Waals surface area contributed by atoms with E-state index in [2.05, 4.69) is 20.1 Å². The number of amides is 1. The number of aromatic nitrogens is 3. The summed E-state index contributed by atoms with van der Waals surface area (Å²) in [5.41, 5.74) is 1.28. The highest BCUT2D eigenvalue weighted by atomic mass is 35.5. The van der Waals surface area contributed by atoms with Crippen LogP contribution in [0.5, 0.6) is 0 Å². The molecular formula is C16H13ClN4O3S. The molecule has 1 aromatic carbocycles. The van der Waals surface area contributed by atoms with Crippen LogP contribution in [0.1, 0.15) is 25.6 Å². The number of esters is 1. The molecule has 0 atom stereocenters. The highest BCUT2D eigenvalue weighted by Gasteiger charge is 2.14. The minimum absolute atomic E-state index is 0.309. The first-order valence-corrected chi connectivity index (χ1v) is 8.37. The Morgan fingerprint density at radius 2 is 2.12 bits per heavy atom. The number of nitrogens with one attached hydrogen (secondary N) is 1. The van der Waals surface area contributed by atoms with Crippen LogP contribution < -0.4 is 5.32 Å². The molecular weight excluding hydrogens is 364 g/mol. The third-order valence-corrected chi connectivity index (χ3v) is 4.56. The maximum absolute atomic E-state index is 12.3. The molecule has 1 N–H and O–H groups in total. The Morgan fingerprint density at radius 1 is 1.32 bits per heavy atom. The van der Waals surface area contributed by atoms with Crippen LogP contribution in [0.15, 0.2) is 42.9 Å². The molecule has 0 aliphatic rings. The quantitative estimate of drug-likeness (QED) is 0.691. The molecule has 25 heavy (non-hydrogen) atoms. The first-order chi connectivity index (χ1) is 12.1. The van der Waals surface area contributed by atoms with E-state index >= 15 is 0 Å². The van der Waals surface area contributed by atoms with Gasteiger partial charge in [-0.1, -0.05) is 41.1 Å². The van der Waals surface area contributed by atoms with E-state index in [9.17, 15) is 9.59 Å². The lowest BCUT2D eigenvalue weighted by Crippen LogP contribution is -2.10. The third-order valence-electron chi connectivity index (χ3n) is 3.30. The predicted octanol–water partition coefficient (Wildman–Crippen LogP) is 3.08. The predicted molar refractivity (Wildman–Crippen MR) is 94.2 cm³/mol. The molecule has 2 aromatic heterocycles. The van der Waals surface area contributed by atoms with Crippen molar-refractivity contribution in [2.45, 2.75) is 6.54 Å². The summed E-state index contributed by atoms with van der Waals surface area (Å²) in [6, 6.07) is 7.44. The fourth-order valence-corrected chi connectivity index (χ4v) is 2.99. The summed E-state index contributed by atoms with van der Waals surface area (Å²) in [5, 5.41) is 7.75. The van der Waals surface area contributed by atoms with Gasteiger partial charge in [-0.25, -0.2) is 9.78 Å². The Morgan fingerprint density at radius 3 is 2.88 bits per heavy atom. The van der Waals surface area contributed by atoms with Crippen molar-refractivity contribution in [2.75, 3.05) is 12.4 Å². The number of carbonyl (C=O) groups is 2. The van der Waals surface area contributed by atoms with Gasteiger partial charge in [-0.3, -0.25) is 14.8 Å². The summed E-state index contributed by atoms with van der Waals surface area (Å²) in [6.07, 6.45) is 4.43. The van der Waals surface area contributed by atoms with Gasteiger partial charge in [-0.2, -0.15) is 5.10 Å². The Balaban J connectivity index is 1.67. The van der Waals surface area contributed by atoms with Crippen LogP contribution in [0, 0.1) is 0 Å². The van der Waals surface area contributed by atoms with Crippen LogP contribution in [0.2, 0.25) is 5.02 Å². The van der Waals surface area contributed by atoms with Crippen LogP contribution >= 0.6 is 22.9 Å². The van der Waals surface area contributed by atoms with Crippen LogP contribution in [0.4, 0.5) is 5.13 Å². The normalized spacial score (nSPS) is 10.5.